The fourth-order valence-electron chi connectivity index (χ4n) is 6.43. The van der Waals surface area contributed by atoms with Crippen LogP contribution in [0.25, 0.3) is 54.6 Å². The molecule has 0 radical (unpaired) electrons. The highest BCUT2D eigenvalue weighted by atomic mass is 16.5. The molecule has 0 N–H and O–H groups in total. The lowest BCUT2D eigenvalue weighted by Crippen LogP contribution is -2.15. The highest BCUT2D eigenvalue weighted by molar-refractivity contribution is 6.23. The number of benzene rings is 7. The summed E-state index contributed by atoms with van der Waals surface area (Å²) < 4.78 is 6.31. The molecule has 0 saturated heterocycles. The van der Waals surface area contributed by atoms with Crippen molar-refractivity contribution in [3.05, 3.63) is 133 Å². The largest absolute Gasteiger partial charge is 0.453 e. The Bertz CT molecular complexity index is 2120. The van der Waals surface area contributed by atoms with Crippen LogP contribution in [-0.2, 0) is 0 Å². The minimum Gasteiger partial charge on any atom is -0.453 e. The van der Waals surface area contributed by atoms with Gasteiger partial charge in [-0.2, -0.15) is 0 Å². The van der Waals surface area contributed by atoms with Crippen molar-refractivity contribution in [3.8, 4) is 33.8 Å². The van der Waals surface area contributed by atoms with Gasteiger partial charge in [-0.25, -0.2) is 0 Å². The third-order valence-corrected chi connectivity index (χ3v) is 8.29. The van der Waals surface area contributed by atoms with Crippen molar-refractivity contribution >= 4 is 43.7 Å². The van der Waals surface area contributed by atoms with Crippen molar-refractivity contribution in [2.24, 2.45) is 0 Å². The van der Waals surface area contributed by atoms with Gasteiger partial charge in [0.25, 0.3) is 0 Å². The maximum atomic E-state index is 6.31. The van der Waals surface area contributed by atoms with Crippen LogP contribution in [0.15, 0.2) is 127 Å². The number of hydrogen-bond acceptors (Lipinski definition) is 2. The normalized spacial score (nSPS) is 12.4. The standard InChI is InChI=1S/C38H27NO/c1-24-18-20-31-32(22-24)37(26-19-21-36-34(23-26)39(2)33-16-7-8-17-35(33)40-36)29-13-5-6-14-30(29)38(31)28-15-9-11-25-10-3-4-12-27(25)28/h3-23H,1-2H3. The second-order valence-corrected chi connectivity index (χ2v) is 10.7. The summed E-state index contributed by atoms with van der Waals surface area (Å²) in [5.74, 6) is 1.76. The van der Waals surface area contributed by atoms with E-state index in [4.69, 9.17) is 4.74 Å². The van der Waals surface area contributed by atoms with Crippen LogP contribution >= 0.6 is 0 Å². The molecule has 7 aromatic carbocycles. The van der Waals surface area contributed by atoms with Gasteiger partial charge in [0.1, 0.15) is 0 Å². The highest BCUT2D eigenvalue weighted by Crippen LogP contribution is 2.50. The highest BCUT2D eigenvalue weighted by Gasteiger charge is 2.24. The maximum Gasteiger partial charge on any atom is 0.151 e. The number of anilines is 2. The van der Waals surface area contributed by atoms with E-state index in [9.17, 15) is 0 Å². The van der Waals surface area contributed by atoms with E-state index in [1.807, 2.05) is 12.1 Å². The van der Waals surface area contributed by atoms with Crippen molar-refractivity contribution in [2.75, 3.05) is 11.9 Å². The third-order valence-electron chi connectivity index (χ3n) is 8.29. The minimum atomic E-state index is 0.877. The van der Waals surface area contributed by atoms with Crippen molar-refractivity contribution in [3.63, 3.8) is 0 Å². The molecule has 0 fully saturated rings. The average molecular weight is 514 g/mol. The van der Waals surface area contributed by atoms with Gasteiger partial charge in [0.15, 0.2) is 11.5 Å². The zero-order chi connectivity index (χ0) is 26.8. The molecular formula is C38H27NO. The molecule has 1 aliphatic heterocycles. The van der Waals surface area contributed by atoms with E-state index >= 15 is 0 Å². The molecular weight excluding hydrogens is 486 g/mol. The van der Waals surface area contributed by atoms with E-state index in [2.05, 4.69) is 134 Å². The Balaban J connectivity index is 1.45. The van der Waals surface area contributed by atoms with Gasteiger partial charge in [-0.05, 0) is 85.8 Å². The number of para-hydroxylation sites is 2. The molecule has 8 rings (SSSR count). The molecule has 40 heavy (non-hydrogen) atoms. The number of ether oxygens (including phenoxy) is 1. The fourth-order valence-corrected chi connectivity index (χ4v) is 6.43. The monoisotopic (exact) mass is 513 g/mol. The van der Waals surface area contributed by atoms with Crippen LogP contribution < -0.4 is 9.64 Å². The van der Waals surface area contributed by atoms with E-state index in [-0.39, 0.29) is 0 Å². The predicted molar refractivity (Wildman–Crippen MR) is 169 cm³/mol. The number of hydrogen-bond donors (Lipinski definition) is 0. The predicted octanol–water partition coefficient (Wildman–Crippen LogP) is 10.7. The van der Waals surface area contributed by atoms with Gasteiger partial charge < -0.3 is 9.64 Å². The summed E-state index contributed by atoms with van der Waals surface area (Å²) in [5, 5.41) is 7.58. The molecule has 0 atom stereocenters. The van der Waals surface area contributed by atoms with Crippen molar-refractivity contribution in [1.29, 1.82) is 0 Å². The third kappa shape index (κ3) is 3.36. The zero-order valence-electron chi connectivity index (χ0n) is 22.5. The Morgan fingerprint density at radius 2 is 1.18 bits per heavy atom. The maximum absolute atomic E-state index is 6.31. The first-order valence-corrected chi connectivity index (χ1v) is 13.8. The summed E-state index contributed by atoms with van der Waals surface area (Å²) in [7, 11) is 2.12. The minimum absolute atomic E-state index is 0.877. The summed E-state index contributed by atoms with van der Waals surface area (Å²) in [4.78, 5) is 2.23. The van der Waals surface area contributed by atoms with Crippen LogP contribution in [0.3, 0.4) is 0 Å². The zero-order valence-corrected chi connectivity index (χ0v) is 22.5. The molecule has 1 aliphatic rings. The molecule has 0 spiro atoms. The van der Waals surface area contributed by atoms with Crippen molar-refractivity contribution in [1.82, 2.24) is 0 Å². The SMILES string of the molecule is Cc1ccc2c(-c3cccc4ccccc34)c3ccccc3c(-c3ccc4c(c3)N(C)c3ccccc3O4)c2c1. The molecule has 7 aromatic rings. The van der Waals surface area contributed by atoms with Crippen LogP contribution in [0.5, 0.6) is 11.5 Å². The Hall–Kier alpha value is -5.08. The summed E-state index contributed by atoms with van der Waals surface area (Å²) in [6.45, 7) is 2.18. The van der Waals surface area contributed by atoms with Gasteiger partial charge in [-0.1, -0.05) is 109 Å². The molecule has 0 saturated carbocycles. The van der Waals surface area contributed by atoms with Crippen LogP contribution in [0.4, 0.5) is 11.4 Å². The van der Waals surface area contributed by atoms with Crippen molar-refractivity contribution in [2.45, 2.75) is 6.92 Å². The van der Waals surface area contributed by atoms with E-state index < -0.39 is 0 Å². The topological polar surface area (TPSA) is 12.5 Å². The lowest BCUT2D eigenvalue weighted by Gasteiger charge is -2.30. The molecule has 0 amide bonds. The molecule has 0 bridgehead atoms. The Kier molecular flexibility index (Phi) is 4.99. The lowest BCUT2D eigenvalue weighted by atomic mass is 9.84. The van der Waals surface area contributed by atoms with Crippen molar-refractivity contribution < 1.29 is 4.74 Å². The molecule has 0 unspecified atom stereocenters. The van der Waals surface area contributed by atoms with Gasteiger partial charge >= 0.3 is 0 Å². The summed E-state index contributed by atoms with van der Waals surface area (Å²) in [6.07, 6.45) is 0. The van der Waals surface area contributed by atoms with E-state index in [1.165, 1.54) is 60.1 Å². The molecule has 2 heteroatoms. The van der Waals surface area contributed by atoms with Crippen LogP contribution in [0, 0.1) is 6.92 Å². The molecule has 1 heterocycles. The molecule has 2 nitrogen and oxygen atoms in total. The second kappa shape index (κ2) is 8.72. The Morgan fingerprint density at radius 1 is 0.500 bits per heavy atom. The van der Waals surface area contributed by atoms with Gasteiger partial charge in [-0.3, -0.25) is 0 Å². The Labute approximate surface area is 233 Å². The van der Waals surface area contributed by atoms with Gasteiger partial charge in [0, 0.05) is 7.05 Å². The number of aryl methyl sites for hydroxylation is 1. The number of nitrogens with zero attached hydrogens (tertiary/aromatic N) is 1. The first-order chi connectivity index (χ1) is 19.7. The van der Waals surface area contributed by atoms with Crippen LogP contribution in [0.1, 0.15) is 5.56 Å². The van der Waals surface area contributed by atoms with E-state index in [1.54, 1.807) is 0 Å². The second-order valence-electron chi connectivity index (χ2n) is 10.7. The first-order valence-electron chi connectivity index (χ1n) is 13.8. The fraction of sp³-hybridized carbons (Fsp3) is 0.0526. The average Bonchev–Trinajstić information content (AvgIpc) is 3.00. The molecule has 0 aliphatic carbocycles. The Morgan fingerprint density at radius 3 is 2.05 bits per heavy atom. The van der Waals surface area contributed by atoms with Gasteiger partial charge in [0.05, 0.1) is 11.4 Å². The number of fused-ring (bicyclic) bond motifs is 5. The van der Waals surface area contributed by atoms with E-state index in [0.717, 1.165) is 22.9 Å². The quantitative estimate of drug-likeness (QED) is 0.213. The smallest absolute Gasteiger partial charge is 0.151 e. The first kappa shape index (κ1) is 22.9. The molecule has 190 valence electrons. The summed E-state index contributed by atoms with van der Waals surface area (Å²) in [6, 6.07) is 45.9. The summed E-state index contributed by atoms with van der Waals surface area (Å²) in [5.41, 5.74) is 8.39. The van der Waals surface area contributed by atoms with Crippen LogP contribution in [-0.4, -0.2) is 7.05 Å². The number of rotatable bonds is 2. The molecule has 0 aromatic heterocycles. The van der Waals surface area contributed by atoms with Gasteiger partial charge in [-0.15, -0.1) is 0 Å². The van der Waals surface area contributed by atoms with Gasteiger partial charge in [0.2, 0.25) is 0 Å². The van der Waals surface area contributed by atoms with Crippen LogP contribution in [0.2, 0.25) is 0 Å². The lowest BCUT2D eigenvalue weighted by molar-refractivity contribution is 0.475. The summed E-state index contributed by atoms with van der Waals surface area (Å²) >= 11 is 0. The van der Waals surface area contributed by atoms with E-state index in [0.29, 0.717) is 0 Å².